The average Bonchev–Trinajstić information content (AvgIpc) is 3.06. The topological polar surface area (TPSA) is 44.5 Å². The zero-order valence-electron chi connectivity index (χ0n) is 12.9. The summed E-state index contributed by atoms with van der Waals surface area (Å²) in [4.78, 5) is 4.26. The first-order valence-electron chi connectivity index (χ1n) is 7.09. The van der Waals surface area contributed by atoms with E-state index in [2.05, 4.69) is 4.98 Å². The molecule has 2 aromatic carbocycles. The Morgan fingerprint density at radius 3 is 1.87 bits per heavy atom. The molecule has 1 aromatic heterocycles. The highest BCUT2D eigenvalue weighted by Gasteiger charge is 2.17. The summed E-state index contributed by atoms with van der Waals surface area (Å²) < 4.78 is 28.9. The fourth-order valence-corrected chi connectivity index (χ4v) is 2.30. The maximum atomic E-state index is 13.0. The third kappa shape index (κ3) is 3.04. The Kier molecular flexibility index (Phi) is 4.28. The van der Waals surface area contributed by atoms with Gasteiger partial charge in [0.1, 0.15) is 17.2 Å². The third-order valence-electron chi connectivity index (χ3n) is 3.50. The van der Waals surface area contributed by atoms with Crippen molar-refractivity contribution in [2.75, 3.05) is 14.2 Å². The van der Waals surface area contributed by atoms with E-state index < -0.39 is 6.67 Å². The van der Waals surface area contributed by atoms with E-state index in [1.54, 1.807) is 14.2 Å². The molecule has 0 saturated heterocycles. The average molecular weight is 313 g/mol. The normalized spacial score (nSPS) is 10.6. The molecular weight excluding hydrogens is 297 g/mol. The lowest BCUT2D eigenvalue weighted by atomic mass is 10.1. The minimum Gasteiger partial charge on any atom is -0.497 e. The van der Waals surface area contributed by atoms with Gasteiger partial charge in [0.05, 0.1) is 14.2 Å². The van der Waals surface area contributed by atoms with E-state index in [9.17, 15) is 4.39 Å². The van der Waals surface area contributed by atoms with Crippen molar-refractivity contribution >= 4 is 0 Å². The van der Waals surface area contributed by atoms with Crippen molar-refractivity contribution in [2.24, 2.45) is 0 Å². The number of benzene rings is 2. The third-order valence-corrected chi connectivity index (χ3v) is 3.50. The van der Waals surface area contributed by atoms with Crippen molar-refractivity contribution in [2.45, 2.75) is 6.67 Å². The van der Waals surface area contributed by atoms with Gasteiger partial charge in [-0.05, 0) is 48.5 Å². The van der Waals surface area contributed by atoms with Crippen LogP contribution in [-0.4, -0.2) is 19.2 Å². The largest absolute Gasteiger partial charge is 0.497 e. The van der Waals surface area contributed by atoms with Gasteiger partial charge in [-0.1, -0.05) is 0 Å². The molecule has 23 heavy (non-hydrogen) atoms. The molecule has 0 saturated carbocycles. The molecule has 0 unspecified atom stereocenters. The molecule has 0 fully saturated rings. The first-order chi connectivity index (χ1) is 11.2. The summed E-state index contributed by atoms with van der Waals surface area (Å²) >= 11 is 0. The zero-order valence-corrected chi connectivity index (χ0v) is 12.9. The van der Waals surface area contributed by atoms with Gasteiger partial charge in [-0.25, -0.2) is 9.37 Å². The molecule has 0 aliphatic rings. The highest BCUT2D eigenvalue weighted by Crippen LogP contribution is 2.34. The highest BCUT2D eigenvalue weighted by atomic mass is 19.1. The number of halogens is 1. The van der Waals surface area contributed by atoms with E-state index in [1.807, 2.05) is 48.5 Å². The van der Waals surface area contributed by atoms with Crippen molar-refractivity contribution in [1.29, 1.82) is 0 Å². The number of hydrogen-bond acceptors (Lipinski definition) is 4. The van der Waals surface area contributed by atoms with E-state index in [0.717, 1.165) is 22.6 Å². The van der Waals surface area contributed by atoms with E-state index >= 15 is 0 Å². The van der Waals surface area contributed by atoms with Crippen LogP contribution in [0, 0.1) is 0 Å². The number of aromatic nitrogens is 1. The molecule has 0 aliphatic heterocycles. The summed E-state index contributed by atoms with van der Waals surface area (Å²) in [5, 5.41) is 0. The molecule has 0 atom stereocenters. The Bertz CT molecular complexity index is 714. The molecule has 0 aliphatic carbocycles. The molecule has 5 heteroatoms. The molecule has 0 spiro atoms. The molecule has 3 rings (SSSR count). The van der Waals surface area contributed by atoms with Gasteiger partial charge in [-0.15, -0.1) is 0 Å². The number of rotatable bonds is 5. The van der Waals surface area contributed by atoms with Crippen molar-refractivity contribution in [1.82, 2.24) is 4.98 Å². The molecule has 0 radical (unpaired) electrons. The van der Waals surface area contributed by atoms with E-state index in [1.165, 1.54) is 0 Å². The Labute approximate surface area is 133 Å². The van der Waals surface area contributed by atoms with E-state index in [-0.39, 0.29) is 5.89 Å². The van der Waals surface area contributed by atoms with Gasteiger partial charge in [0.15, 0.2) is 12.4 Å². The van der Waals surface area contributed by atoms with Crippen molar-refractivity contribution in [3.05, 3.63) is 54.4 Å². The zero-order chi connectivity index (χ0) is 16.2. The number of ether oxygens (including phenoxy) is 2. The van der Waals surface area contributed by atoms with Crippen LogP contribution in [0.2, 0.25) is 0 Å². The van der Waals surface area contributed by atoms with Crippen molar-refractivity contribution < 1.29 is 18.3 Å². The summed E-state index contributed by atoms with van der Waals surface area (Å²) in [5.74, 6) is 2.08. The number of alkyl halides is 1. The Morgan fingerprint density at radius 1 is 0.870 bits per heavy atom. The smallest absolute Gasteiger partial charge is 0.226 e. The monoisotopic (exact) mass is 313 g/mol. The Morgan fingerprint density at radius 2 is 1.39 bits per heavy atom. The molecule has 3 aromatic rings. The minimum atomic E-state index is -0.751. The maximum absolute atomic E-state index is 13.0. The van der Waals surface area contributed by atoms with Crippen LogP contribution in [0.3, 0.4) is 0 Å². The minimum absolute atomic E-state index is 0.0571. The number of nitrogens with zero attached hydrogens (tertiary/aromatic N) is 1. The van der Waals surface area contributed by atoms with Crippen LogP contribution in [0.1, 0.15) is 5.89 Å². The standard InChI is InChI=1S/C18H16FNO3/c1-21-14-7-3-12(4-8-14)17-18(23-16(11-19)20-17)13-5-9-15(22-2)10-6-13/h3-10H,11H2,1-2H3. The van der Waals surface area contributed by atoms with Crippen molar-refractivity contribution in [3.8, 4) is 34.1 Å². The van der Waals surface area contributed by atoms with Gasteiger partial charge in [0.25, 0.3) is 0 Å². The number of oxazole rings is 1. The first kappa shape index (κ1) is 15.1. The lowest BCUT2D eigenvalue weighted by molar-refractivity contribution is 0.385. The van der Waals surface area contributed by atoms with Crippen LogP contribution in [-0.2, 0) is 6.67 Å². The maximum Gasteiger partial charge on any atom is 0.226 e. The van der Waals surface area contributed by atoms with Gasteiger partial charge < -0.3 is 13.9 Å². The molecule has 118 valence electrons. The van der Waals surface area contributed by atoms with Gasteiger partial charge in [-0.2, -0.15) is 0 Å². The van der Waals surface area contributed by atoms with Crippen LogP contribution < -0.4 is 9.47 Å². The first-order valence-corrected chi connectivity index (χ1v) is 7.09. The molecular formula is C18H16FNO3. The number of hydrogen-bond donors (Lipinski definition) is 0. The second kappa shape index (κ2) is 6.52. The molecule has 0 bridgehead atoms. The highest BCUT2D eigenvalue weighted by molar-refractivity contribution is 5.77. The quantitative estimate of drug-likeness (QED) is 0.696. The summed E-state index contributed by atoms with van der Waals surface area (Å²) in [7, 11) is 3.21. The fraction of sp³-hybridized carbons (Fsp3) is 0.167. The van der Waals surface area contributed by atoms with Gasteiger partial charge >= 0.3 is 0 Å². The molecule has 0 N–H and O–H groups in total. The lowest BCUT2D eigenvalue weighted by Gasteiger charge is -2.04. The van der Waals surface area contributed by atoms with E-state index in [4.69, 9.17) is 13.9 Å². The molecule has 0 amide bonds. The fourth-order valence-electron chi connectivity index (χ4n) is 2.30. The predicted molar refractivity (Wildman–Crippen MR) is 85.3 cm³/mol. The van der Waals surface area contributed by atoms with Gasteiger partial charge in [0.2, 0.25) is 5.89 Å². The van der Waals surface area contributed by atoms with Crippen LogP contribution in [0.5, 0.6) is 11.5 Å². The second-order valence-electron chi connectivity index (χ2n) is 4.88. The van der Waals surface area contributed by atoms with Gasteiger partial charge in [-0.3, -0.25) is 0 Å². The van der Waals surface area contributed by atoms with E-state index in [0.29, 0.717) is 11.5 Å². The van der Waals surface area contributed by atoms with Gasteiger partial charge in [0, 0.05) is 11.1 Å². The van der Waals surface area contributed by atoms with Crippen LogP contribution >= 0.6 is 0 Å². The molecule has 1 heterocycles. The summed E-state index contributed by atoms with van der Waals surface area (Å²) in [6, 6.07) is 14.8. The number of methoxy groups -OCH3 is 2. The van der Waals surface area contributed by atoms with Crippen LogP contribution in [0.4, 0.5) is 4.39 Å². The SMILES string of the molecule is COc1ccc(-c2nc(CF)oc2-c2ccc(OC)cc2)cc1. The van der Waals surface area contributed by atoms with Crippen molar-refractivity contribution in [3.63, 3.8) is 0 Å². The van der Waals surface area contributed by atoms with Crippen LogP contribution in [0.15, 0.2) is 52.9 Å². The lowest BCUT2D eigenvalue weighted by Crippen LogP contribution is -1.86. The Hall–Kier alpha value is -2.82. The second-order valence-corrected chi connectivity index (χ2v) is 4.88. The van der Waals surface area contributed by atoms with Crippen LogP contribution in [0.25, 0.3) is 22.6 Å². The summed E-state index contributed by atoms with van der Waals surface area (Å²) in [6.07, 6.45) is 0. The Balaban J connectivity index is 2.06. The predicted octanol–water partition coefficient (Wildman–Crippen LogP) is 4.50. The molecule has 4 nitrogen and oxygen atoms in total. The summed E-state index contributed by atoms with van der Waals surface area (Å²) in [6.45, 7) is -0.751. The summed E-state index contributed by atoms with van der Waals surface area (Å²) in [5.41, 5.74) is 2.24.